The molecule has 1 fully saturated rings. The standard InChI is InChI=1S/C28H32N2O6/c1-18-9-7-12-21(15-18)30(28(32)22-13-8-14-36-22)25(27(31)29-20-10-5-6-11-20)19-16-23(33-2)26(35-4)24(17-19)34-3/h7-9,12-17,20,25H,5-6,10-11H2,1-4H3,(H,29,31). The summed E-state index contributed by atoms with van der Waals surface area (Å²) in [7, 11) is 4.55. The lowest BCUT2D eigenvalue weighted by molar-refractivity contribution is -0.123. The molecule has 1 aliphatic rings. The molecule has 0 saturated heterocycles. The molecule has 1 aromatic heterocycles. The minimum Gasteiger partial charge on any atom is -0.493 e. The van der Waals surface area contributed by atoms with Gasteiger partial charge < -0.3 is 23.9 Å². The topological polar surface area (TPSA) is 90.2 Å². The van der Waals surface area contributed by atoms with Gasteiger partial charge in [-0.05, 0) is 67.3 Å². The van der Waals surface area contributed by atoms with Gasteiger partial charge in [0, 0.05) is 11.7 Å². The molecule has 3 aromatic rings. The summed E-state index contributed by atoms with van der Waals surface area (Å²) in [4.78, 5) is 29.3. The van der Waals surface area contributed by atoms with Crippen molar-refractivity contribution in [2.75, 3.05) is 26.2 Å². The van der Waals surface area contributed by atoms with Crippen molar-refractivity contribution in [1.82, 2.24) is 5.32 Å². The maximum absolute atomic E-state index is 14.0. The number of nitrogens with one attached hydrogen (secondary N) is 1. The normalized spacial score (nSPS) is 14.2. The van der Waals surface area contributed by atoms with Gasteiger partial charge in [0.15, 0.2) is 17.3 Å². The quantitative estimate of drug-likeness (QED) is 0.449. The summed E-state index contributed by atoms with van der Waals surface area (Å²) in [6, 6.07) is 13.1. The van der Waals surface area contributed by atoms with Crippen LogP contribution >= 0.6 is 0 Å². The summed E-state index contributed by atoms with van der Waals surface area (Å²) in [5, 5.41) is 3.17. The van der Waals surface area contributed by atoms with Crippen molar-refractivity contribution < 1.29 is 28.2 Å². The Morgan fingerprint density at radius 1 is 0.972 bits per heavy atom. The van der Waals surface area contributed by atoms with E-state index in [1.807, 2.05) is 31.2 Å². The molecule has 4 rings (SSSR count). The molecule has 1 atom stereocenters. The lowest BCUT2D eigenvalue weighted by Crippen LogP contribution is -2.46. The van der Waals surface area contributed by atoms with Crippen molar-refractivity contribution in [2.24, 2.45) is 0 Å². The van der Waals surface area contributed by atoms with E-state index in [4.69, 9.17) is 18.6 Å². The molecule has 8 nitrogen and oxygen atoms in total. The second kappa shape index (κ2) is 11.2. The number of rotatable bonds is 9. The van der Waals surface area contributed by atoms with Gasteiger partial charge >= 0.3 is 0 Å². The summed E-state index contributed by atoms with van der Waals surface area (Å²) in [5.41, 5.74) is 2.03. The Kier molecular flexibility index (Phi) is 7.83. The maximum Gasteiger partial charge on any atom is 0.294 e. The van der Waals surface area contributed by atoms with E-state index >= 15 is 0 Å². The lowest BCUT2D eigenvalue weighted by atomic mass is 10.00. The lowest BCUT2D eigenvalue weighted by Gasteiger charge is -2.32. The van der Waals surface area contributed by atoms with Crippen molar-refractivity contribution in [3.63, 3.8) is 0 Å². The summed E-state index contributed by atoms with van der Waals surface area (Å²) < 4.78 is 22.1. The first kappa shape index (κ1) is 25.2. The highest BCUT2D eigenvalue weighted by Gasteiger charge is 2.37. The van der Waals surface area contributed by atoms with Crippen molar-refractivity contribution in [2.45, 2.75) is 44.7 Å². The summed E-state index contributed by atoms with van der Waals surface area (Å²) in [5.74, 6) is 0.574. The predicted octanol–water partition coefficient (Wildman–Crippen LogP) is 5.06. The fourth-order valence-corrected chi connectivity index (χ4v) is 4.71. The molecule has 0 spiro atoms. The fourth-order valence-electron chi connectivity index (χ4n) is 4.71. The number of ether oxygens (including phenoxy) is 3. The first-order chi connectivity index (χ1) is 17.5. The Bertz CT molecular complexity index is 1180. The predicted molar refractivity (Wildman–Crippen MR) is 136 cm³/mol. The van der Waals surface area contributed by atoms with Gasteiger partial charge in [0.05, 0.1) is 27.6 Å². The van der Waals surface area contributed by atoms with Crippen LogP contribution in [0.4, 0.5) is 5.69 Å². The highest BCUT2D eigenvalue weighted by Crippen LogP contribution is 2.42. The second-order valence-corrected chi connectivity index (χ2v) is 8.84. The van der Waals surface area contributed by atoms with Crippen LogP contribution in [-0.2, 0) is 4.79 Å². The molecule has 0 bridgehead atoms. The van der Waals surface area contributed by atoms with Crippen LogP contribution in [0.5, 0.6) is 17.2 Å². The van der Waals surface area contributed by atoms with E-state index in [-0.39, 0.29) is 17.7 Å². The van der Waals surface area contributed by atoms with Crippen LogP contribution in [0.1, 0.15) is 53.4 Å². The highest BCUT2D eigenvalue weighted by molar-refractivity contribution is 6.08. The number of carbonyl (C=O) groups is 2. The van der Waals surface area contributed by atoms with Crippen molar-refractivity contribution >= 4 is 17.5 Å². The van der Waals surface area contributed by atoms with Crippen LogP contribution in [0.2, 0.25) is 0 Å². The number of furan rings is 1. The van der Waals surface area contributed by atoms with E-state index in [1.54, 1.807) is 24.3 Å². The Balaban J connectivity index is 1.90. The Morgan fingerprint density at radius 2 is 1.67 bits per heavy atom. The van der Waals surface area contributed by atoms with Gasteiger partial charge in [-0.25, -0.2) is 0 Å². The van der Waals surface area contributed by atoms with Crippen molar-refractivity contribution in [1.29, 1.82) is 0 Å². The molecule has 2 aromatic carbocycles. The molecule has 1 unspecified atom stereocenters. The third-order valence-electron chi connectivity index (χ3n) is 6.44. The van der Waals surface area contributed by atoms with Crippen LogP contribution < -0.4 is 24.4 Å². The molecule has 1 N–H and O–H groups in total. The summed E-state index contributed by atoms with van der Waals surface area (Å²) in [6.07, 6.45) is 5.38. The van der Waals surface area contributed by atoms with Gasteiger partial charge in [0.2, 0.25) is 11.7 Å². The number of methoxy groups -OCH3 is 3. The molecule has 1 saturated carbocycles. The van der Waals surface area contributed by atoms with Gasteiger partial charge in [-0.1, -0.05) is 25.0 Å². The average Bonchev–Trinajstić information content (AvgIpc) is 3.60. The number of hydrogen-bond acceptors (Lipinski definition) is 6. The summed E-state index contributed by atoms with van der Waals surface area (Å²) >= 11 is 0. The third-order valence-corrected chi connectivity index (χ3v) is 6.44. The Morgan fingerprint density at radius 3 is 2.22 bits per heavy atom. The van der Waals surface area contributed by atoms with Crippen molar-refractivity contribution in [3.8, 4) is 17.2 Å². The molecule has 8 heteroatoms. The SMILES string of the molecule is COc1cc(C(C(=O)NC2CCCC2)N(C(=O)c2ccco2)c2cccc(C)c2)cc(OC)c1OC. The molecule has 0 aliphatic heterocycles. The van der Waals surface area contributed by atoms with Crippen LogP contribution in [0, 0.1) is 6.92 Å². The van der Waals surface area contributed by atoms with Crippen molar-refractivity contribution in [3.05, 3.63) is 71.7 Å². The zero-order chi connectivity index (χ0) is 25.7. The maximum atomic E-state index is 14.0. The number of nitrogens with zero attached hydrogens (tertiary/aromatic N) is 1. The molecule has 1 heterocycles. The van der Waals surface area contributed by atoms with E-state index < -0.39 is 11.9 Å². The van der Waals surface area contributed by atoms with Crippen LogP contribution in [0.15, 0.2) is 59.2 Å². The van der Waals surface area contributed by atoms with Gasteiger partial charge in [0.25, 0.3) is 5.91 Å². The number of amides is 2. The highest BCUT2D eigenvalue weighted by atomic mass is 16.5. The molecule has 2 amide bonds. The number of anilines is 1. The monoisotopic (exact) mass is 492 g/mol. The minimum absolute atomic E-state index is 0.0557. The molecule has 0 radical (unpaired) electrons. The van der Waals surface area contributed by atoms with Gasteiger partial charge in [0.1, 0.15) is 6.04 Å². The number of aryl methyl sites for hydroxylation is 1. The van der Waals surface area contributed by atoms with Crippen LogP contribution in [0.25, 0.3) is 0 Å². The first-order valence-electron chi connectivity index (χ1n) is 12.0. The Labute approximate surface area is 211 Å². The second-order valence-electron chi connectivity index (χ2n) is 8.84. The number of hydrogen-bond donors (Lipinski definition) is 1. The summed E-state index contributed by atoms with van der Waals surface area (Å²) in [6.45, 7) is 1.94. The average molecular weight is 493 g/mol. The van der Waals surface area contributed by atoms with E-state index in [0.29, 0.717) is 28.5 Å². The molecular formula is C28H32N2O6. The Hall–Kier alpha value is -3.94. The largest absolute Gasteiger partial charge is 0.493 e. The molecule has 190 valence electrons. The van der Waals surface area contributed by atoms with Crippen LogP contribution in [-0.4, -0.2) is 39.2 Å². The first-order valence-corrected chi connectivity index (χ1v) is 12.0. The zero-order valence-electron chi connectivity index (χ0n) is 21.1. The van der Waals surface area contributed by atoms with E-state index in [0.717, 1.165) is 31.2 Å². The van der Waals surface area contributed by atoms with Crippen LogP contribution in [0.3, 0.4) is 0 Å². The van der Waals surface area contributed by atoms with E-state index in [9.17, 15) is 9.59 Å². The third kappa shape index (κ3) is 5.17. The molecular weight excluding hydrogens is 460 g/mol. The molecule has 36 heavy (non-hydrogen) atoms. The fraction of sp³-hybridized carbons (Fsp3) is 0.357. The van der Waals surface area contributed by atoms with E-state index in [1.165, 1.54) is 32.5 Å². The number of benzene rings is 2. The number of carbonyl (C=O) groups excluding carboxylic acids is 2. The zero-order valence-corrected chi connectivity index (χ0v) is 21.1. The molecule has 1 aliphatic carbocycles. The van der Waals surface area contributed by atoms with Gasteiger partial charge in [-0.15, -0.1) is 0 Å². The smallest absolute Gasteiger partial charge is 0.294 e. The minimum atomic E-state index is -1.03. The van der Waals surface area contributed by atoms with Gasteiger partial charge in [-0.2, -0.15) is 0 Å². The van der Waals surface area contributed by atoms with Gasteiger partial charge in [-0.3, -0.25) is 14.5 Å². The van der Waals surface area contributed by atoms with E-state index in [2.05, 4.69) is 5.32 Å².